The summed E-state index contributed by atoms with van der Waals surface area (Å²) in [6.07, 6.45) is -4.41. The van der Waals surface area contributed by atoms with Crippen molar-refractivity contribution >= 4 is 21.6 Å². The van der Waals surface area contributed by atoms with Crippen molar-refractivity contribution in [2.75, 3.05) is 6.61 Å². The van der Waals surface area contributed by atoms with E-state index >= 15 is 0 Å². The number of hydrogen-bond acceptors (Lipinski definition) is 2. The molecule has 0 bridgehead atoms. The lowest BCUT2D eigenvalue weighted by molar-refractivity contribution is -0.173. The first-order chi connectivity index (χ1) is 10.5. The number of halogens is 4. The van der Waals surface area contributed by atoms with Gasteiger partial charge in [0.25, 0.3) is 0 Å². The van der Waals surface area contributed by atoms with Gasteiger partial charge in [0.15, 0.2) is 0 Å². The topological polar surface area (TPSA) is 21.6 Å². The van der Waals surface area contributed by atoms with Crippen LogP contribution in [0.1, 0.15) is 16.7 Å². The Kier molecular flexibility index (Phi) is 5.60. The fourth-order valence-electron chi connectivity index (χ4n) is 1.84. The van der Waals surface area contributed by atoms with Crippen LogP contribution >= 0.6 is 15.9 Å². The van der Waals surface area contributed by atoms with Gasteiger partial charge in [-0.25, -0.2) is 0 Å². The molecule has 0 heterocycles. The van der Waals surface area contributed by atoms with Gasteiger partial charge in [0.2, 0.25) is 6.61 Å². The average molecular weight is 372 g/mol. The molecule has 0 aliphatic carbocycles. The summed E-state index contributed by atoms with van der Waals surface area (Å²) in [5.41, 5.74) is 2.76. The van der Waals surface area contributed by atoms with Crippen molar-refractivity contribution in [3.8, 4) is 0 Å². The van der Waals surface area contributed by atoms with Gasteiger partial charge in [-0.2, -0.15) is 13.2 Å². The first-order valence-electron chi connectivity index (χ1n) is 6.47. The van der Waals surface area contributed by atoms with Crippen LogP contribution in [0, 0.1) is 0 Å². The molecule has 0 aliphatic rings. The van der Waals surface area contributed by atoms with Crippen LogP contribution < -0.4 is 0 Å². The third-order valence-corrected chi connectivity index (χ3v) is 3.43. The van der Waals surface area contributed by atoms with Crippen LogP contribution in [0.25, 0.3) is 0 Å². The summed E-state index contributed by atoms with van der Waals surface area (Å²) < 4.78 is 36.7. The van der Waals surface area contributed by atoms with Crippen molar-refractivity contribution < 1.29 is 18.0 Å². The SMILES string of the molecule is FC(F)(F)CO/N=C(/c1ccccc1)c1cccc(CBr)c1. The Morgan fingerprint density at radius 3 is 2.32 bits per heavy atom. The van der Waals surface area contributed by atoms with Gasteiger partial charge < -0.3 is 4.84 Å². The highest BCUT2D eigenvalue weighted by Gasteiger charge is 2.28. The molecule has 0 aliphatic heterocycles. The van der Waals surface area contributed by atoms with Crippen molar-refractivity contribution in [2.45, 2.75) is 11.5 Å². The number of benzene rings is 2. The molecule has 0 saturated carbocycles. The summed E-state index contributed by atoms with van der Waals surface area (Å²) in [7, 11) is 0. The van der Waals surface area contributed by atoms with Crippen LogP contribution in [-0.4, -0.2) is 18.5 Å². The maximum Gasteiger partial charge on any atom is 0.425 e. The van der Waals surface area contributed by atoms with Gasteiger partial charge in [-0.15, -0.1) is 0 Å². The van der Waals surface area contributed by atoms with E-state index < -0.39 is 12.8 Å². The molecule has 2 aromatic carbocycles. The second kappa shape index (κ2) is 7.45. The highest BCUT2D eigenvalue weighted by Crippen LogP contribution is 2.17. The predicted molar refractivity (Wildman–Crippen MR) is 83.2 cm³/mol. The summed E-state index contributed by atoms with van der Waals surface area (Å²) in [5, 5.41) is 4.35. The largest absolute Gasteiger partial charge is 0.425 e. The Morgan fingerprint density at radius 1 is 1.00 bits per heavy atom. The molecule has 6 heteroatoms. The van der Waals surface area contributed by atoms with Crippen molar-refractivity contribution in [3.63, 3.8) is 0 Å². The minimum Gasteiger partial charge on any atom is -0.386 e. The molecular formula is C16H13BrF3NO. The third kappa shape index (κ3) is 4.87. The monoisotopic (exact) mass is 371 g/mol. The number of hydrogen-bond donors (Lipinski definition) is 0. The quantitative estimate of drug-likeness (QED) is 0.415. The molecule has 2 rings (SSSR count). The molecule has 0 radical (unpaired) electrons. The van der Waals surface area contributed by atoms with Crippen molar-refractivity contribution in [1.82, 2.24) is 0 Å². The van der Waals surface area contributed by atoms with Gasteiger partial charge in [0, 0.05) is 16.5 Å². The van der Waals surface area contributed by atoms with Crippen LogP contribution in [0.4, 0.5) is 13.2 Å². The van der Waals surface area contributed by atoms with E-state index in [1.807, 2.05) is 24.3 Å². The Labute approximate surface area is 134 Å². The molecule has 116 valence electrons. The van der Waals surface area contributed by atoms with Crippen molar-refractivity contribution in [1.29, 1.82) is 0 Å². The smallest absolute Gasteiger partial charge is 0.386 e. The van der Waals surface area contributed by atoms with Gasteiger partial charge in [-0.05, 0) is 11.6 Å². The van der Waals surface area contributed by atoms with E-state index in [2.05, 4.69) is 25.9 Å². The minimum atomic E-state index is -4.41. The zero-order valence-electron chi connectivity index (χ0n) is 11.5. The van der Waals surface area contributed by atoms with E-state index in [0.29, 0.717) is 22.2 Å². The number of nitrogens with zero attached hydrogens (tertiary/aromatic N) is 1. The molecule has 0 spiro atoms. The Hall–Kier alpha value is -1.82. The van der Waals surface area contributed by atoms with Crippen LogP contribution in [0.2, 0.25) is 0 Å². The average Bonchev–Trinajstić information content (AvgIpc) is 2.51. The normalized spacial score (nSPS) is 12.3. The molecular weight excluding hydrogens is 359 g/mol. The van der Waals surface area contributed by atoms with E-state index in [-0.39, 0.29) is 0 Å². The van der Waals surface area contributed by atoms with Crippen LogP contribution in [0.15, 0.2) is 59.8 Å². The molecule has 0 aromatic heterocycles. The van der Waals surface area contributed by atoms with E-state index in [9.17, 15) is 13.2 Å². The summed E-state index contributed by atoms with van der Waals surface area (Å²) in [6.45, 7) is -1.42. The Balaban J connectivity index is 2.35. The van der Waals surface area contributed by atoms with E-state index in [0.717, 1.165) is 5.56 Å². The van der Waals surface area contributed by atoms with E-state index in [1.165, 1.54) is 0 Å². The minimum absolute atomic E-state index is 0.368. The molecule has 0 unspecified atom stereocenters. The lowest BCUT2D eigenvalue weighted by Crippen LogP contribution is -2.16. The summed E-state index contributed by atoms with van der Waals surface area (Å²) in [6, 6.07) is 16.4. The molecule has 2 nitrogen and oxygen atoms in total. The van der Waals surface area contributed by atoms with Crippen LogP contribution in [0.3, 0.4) is 0 Å². The zero-order valence-corrected chi connectivity index (χ0v) is 13.1. The standard InChI is InChI=1S/C16H13BrF3NO/c17-10-12-5-4-8-14(9-12)15(13-6-2-1-3-7-13)21-22-11-16(18,19)20/h1-9H,10-11H2/b21-15-. The van der Waals surface area contributed by atoms with Gasteiger partial charge >= 0.3 is 6.18 Å². The van der Waals surface area contributed by atoms with Gasteiger partial charge in [-0.1, -0.05) is 69.6 Å². The Bertz CT molecular complexity index is 641. The second-order valence-corrected chi connectivity index (χ2v) is 5.09. The first kappa shape index (κ1) is 16.5. The van der Waals surface area contributed by atoms with E-state index in [1.54, 1.807) is 30.3 Å². The fraction of sp³-hybridized carbons (Fsp3) is 0.188. The number of alkyl halides is 4. The zero-order chi connectivity index (χ0) is 16.0. The third-order valence-electron chi connectivity index (χ3n) is 2.79. The lowest BCUT2D eigenvalue weighted by atomic mass is 10.0. The summed E-state index contributed by atoms with van der Waals surface area (Å²) in [4.78, 5) is 4.49. The second-order valence-electron chi connectivity index (χ2n) is 4.53. The highest BCUT2D eigenvalue weighted by molar-refractivity contribution is 9.08. The molecule has 0 saturated heterocycles. The lowest BCUT2D eigenvalue weighted by Gasteiger charge is -2.10. The molecule has 0 fully saturated rings. The van der Waals surface area contributed by atoms with Crippen molar-refractivity contribution in [2.24, 2.45) is 5.16 Å². The van der Waals surface area contributed by atoms with Crippen molar-refractivity contribution in [3.05, 3.63) is 71.3 Å². The fourth-order valence-corrected chi connectivity index (χ4v) is 2.19. The molecule has 0 N–H and O–H groups in total. The maximum absolute atomic E-state index is 12.2. The first-order valence-corrected chi connectivity index (χ1v) is 7.59. The highest BCUT2D eigenvalue weighted by atomic mass is 79.9. The van der Waals surface area contributed by atoms with Gasteiger partial charge in [0.1, 0.15) is 5.71 Å². The van der Waals surface area contributed by atoms with Crippen LogP contribution in [-0.2, 0) is 10.2 Å². The predicted octanol–water partition coefficient (Wildman–Crippen LogP) is 4.91. The van der Waals surface area contributed by atoms with Gasteiger partial charge in [-0.3, -0.25) is 0 Å². The van der Waals surface area contributed by atoms with Gasteiger partial charge in [0.05, 0.1) is 0 Å². The number of oxime groups is 1. The maximum atomic E-state index is 12.2. The molecule has 0 atom stereocenters. The summed E-state index contributed by atoms with van der Waals surface area (Å²) in [5.74, 6) is 0. The van der Waals surface area contributed by atoms with Crippen LogP contribution in [0.5, 0.6) is 0 Å². The number of rotatable bonds is 5. The molecule has 0 amide bonds. The molecule has 2 aromatic rings. The summed E-state index contributed by atoms with van der Waals surface area (Å²) >= 11 is 3.36. The van der Waals surface area contributed by atoms with E-state index in [4.69, 9.17) is 0 Å². The Morgan fingerprint density at radius 2 is 1.68 bits per heavy atom. The molecule has 22 heavy (non-hydrogen) atoms.